The molecule has 3 aromatic rings. The number of amides is 1. The molecule has 152 valence electrons. The normalized spacial score (nSPS) is 10.8. The van der Waals surface area contributed by atoms with Crippen molar-refractivity contribution in [2.75, 3.05) is 19.0 Å². The monoisotopic (exact) mass is 396 g/mol. The second-order valence-corrected chi connectivity index (χ2v) is 6.75. The Morgan fingerprint density at radius 2 is 1.86 bits per heavy atom. The predicted octanol–water partition coefficient (Wildman–Crippen LogP) is 2.78. The molecule has 8 heteroatoms. The molecule has 0 aliphatic carbocycles. The van der Waals surface area contributed by atoms with Crippen molar-refractivity contribution in [1.82, 2.24) is 14.6 Å². The van der Waals surface area contributed by atoms with Gasteiger partial charge < -0.3 is 14.8 Å². The second-order valence-electron chi connectivity index (χ2n) is 6.75. The number of esters is 1. The van der Waals surface area contributed by atoms with Gasteiger partial charge in [-0.3, -0.25) is 9.59 Å². The van der Waals surface area contributed by atoms with Gasteiger partial charge in [-0.15, -0.1) is 0 Å². The van der Waals surface area contributed by atoms with Crippen molar-refractivity contribution in [3.05, 3.63) is 53.0 Å². The summed E-state index contributed by atoms with van der Waals surface area (Å²) in [6, 6.07) is 8.81. The molecular formula is C21H24N4O4. The minimum Gasteiger partial charge on any atom is -0.497 e. The number of rotatable bonds is 7. The molecule has 0 aliphatic heterocycles. The number of aromatic nitrogens is 3. The molecule has 0 fully saturated rings. The van der Waals surface area contributed by atoms with Crippen LogP contribution >= 0.6 is 0 Å². The summed E-state index contributed by atoms with van der Waals surface area (Å²) in [6.45, 7) is 5.45. The van der Waals surface area contributed by atoms with Crippen LogP contribution in [0.25, 0.3) is 5.65 Å². The van der Waals surface area contributed by atoms with Crippen LogP contribution < -0.4 is 10.1 Å². The summed E-state index contributed by atoms with van der Waals surface area (Å²) in [5.41, 5.74) is 5.05. The van der Waals surface area contributed by atoms with Crippen LogP contribution in [0.15, 0.2) is 30.3 Å². The number of hydrogen-bond donors (Lipinski definition) is 1. The van der Waals surface area contributed by atoms with Gasteiger partial charge in [0.2, 0.25) is 0 Å². The number of anilines is 1. The highest BCUT2D eigenvalue weighted by Gasteiger charge is 2.14. The maximum Gasteiger partial charge on any atom is 0.306 e. The van der Waals surface area contributed by atoms with Crippen LogP contribution in [0.4, 0.5) is 5.69 Å². The SMILES string of the molecule is COc1ccc(NC(=O)COC(=O)CCc2c(C)nc3cc(C)nn3c2C)cc1. The first-order valence-electron chi connectivity index (χ1n) is 9.29. The van der Waals surface area contributed by atoms with E-state index in [9.17, 15) is 9.59 Å². The van der Waals surface area contributed by atoms with Gasteiger partial charge in [0.1, 0.15) is 5.75 Å². The molecule has 0 spiro atoms. The first-order chi connectivity index (χ1) is 13.9. The van der Waals surface area contributed by atoms with Crippen LogP contribution in [0, 0.1) is 20.8 Å². The zero-order valence-electron chi connectivity index (χ0n) is 17.0. The molecule has 1 N–H and O–H groups in total. The van der Waals surface area contributed by atoms with E-state index in [-0.39, 0.29) is 13.0 Å². The molecule has 0 unspecified atom stereocenters. The van der Waals surface area contributed by atoms with Crippen molar-refractivity contribution in [3.8, 4) is 5.75 Å². The van der Waals surface area contributed by atoms with Gasteiger partial charge in [-0.2, -0.15) is 5.10 Å². The fourth-order valence-corrected chi connectivity index (χ4v) is 3.12. The Bertz CT molecular complexity index is 1040. The zero-order chi connectivity index (χ0) is 21.0. The average molecular weight is 396 g/mol. The van der Waals surface area contributed by atoms with Crippen LogP contribution in [0.1, 0.15) is 29.1 Å². The largest absolute Gasteiger partial charge is 0.497 e. The zero-order valence-corrected chi connectivity index (χ0v) is 17.0. The van der Waals surface area contributed by atoms with E-state index in [0.717, 1.165) is 28.3 Å². The topological polar surface area (TPSA) is 94.8 Å². The lowest BCUT2D eigenvalue weighted by Gasteiger charge is -2.11. The van der Waals surface area contributed by atoms with Gasteiger partial charge in [-0.05, 0) is 57.0 Å². The minimum absolute atomic E-state index is 0.158. The van der Waals surface area contributed by atoms with Crippen LogP contribution in [-0.2, 0) is 20.7 Å². The smallest absolute Gasteiger partial charge is 0.306 e. The van der Waals surface area contributed by atoms with E-state index in [1.807, 2.05) is 26.8 Å². The molecule has 0 saturated heterocycles. The van der Waals surface area contributed by atoms with Crippen molar-refractivity contribution < 1.29 is 19.1 Å². The van der Waals surface area contributed by atoms with Crippen LogP contribution in [0.2, 0.25) is 0 Å². The summed E-state index contributed by atoms with van der Waals surface area (Å²) in [4.78, 5) is 28.6. The maximum atomic E-state index is 12.1. The van der Waals surface area contributed by atoms with E-state index >= 15 is 0 Å². The summed E-state index contributed by atoms with van der Waals surface area (Å²) in [5.74, 6) is -0.144. The Kier molecular flexibility index (Phi) is 6.11. The number of ether oxygens (including phenoxy) is 2. The number of nitrogens with one attached hydrogen (secondary N) is 1. The Hall–Kier alpha value is -3.42. The third kappa shape index (κ3) is 4.90. The van der Waals surface area contributed by atoms with Gasteiger partial charge in [0, 0.05) is 29.6 Å². The van der Waals surface area contributed by atoms with Gasteiger partial charge >= 0.3 is 5.97 Å². The lowest BCUT2D eigenvalue weighted by molar-refractivity contribution is -0.147. The molecular weight excluding hydrogens is 372 g/mol. The van der Waals surface area contributed by atoms with Crippen LogP contribution in [-0.4, -0.2) is 40.2 Å². The number of carbonyl (C=O) groups is 2. The minimum atomic E-state index is -0.439. The van der Waals surface area contributed by atoms with E-state index in [1.54, 1.807) is 35.9 Å². The van der Waals surface area contributed by atoms with E-state index in [1.165, 1.54) is 0 Å². The number of methoxy groups -OCH3 is 1. The first-order valence-corrected chi connectivity index (χ1v) is 9.29. The quantitative estimate of drug-likeness (QED) is 0.617. The molecule has 0 atom stereocenters. The van der Waals surface area contributed by atoms with E-state index in [0.29, 0.717) is 17.9 Å². The van der Waals surface area contributed by atoms with E-state index in [4.69, 9.17) is 9.47 Å². The Morgan fingerprint density at radius 1 is 1.14 bits per heavy atom. The van der Waals surface area contributed by atoms with E-state index < -0.39 is 11.9 Å². The molecule has 0 aliphatic rings. The summed E-state index contributed by atoms with van der Waals surface area (Å²) >= 11 is 0. The lowest BCUT2D eigenvalue weighted by Crippen LogP contribution is -2.21. The van der Waals surface area contributed by atoms with Gasteiger partial charge in [0.25, 0.3) is 5.91 Å². The molecule has 2 aromatic heterocycles. The Balaban J connectivity index is 1.52. The molecule has 8 nitrogen and oxygen atoms in total. The number of carbonyl (C=O) groups excluding carboxylic acids is 2. The molecule has 1 amide bonds. The molecule has 29 heavy (non-hydrogen) atoms. The molecule has 3 rings (SSSR count). The van der Waals surface area contributed by atoms with Crippen molar-refractivity contribution in [1.29, 1.82) is 0 Å². The number of benzene rings is 1. The maximum absolute atomic E-state index is 12.1. The standard InChI is InChI=1S/C21H24N4O4/c1-13-11-19-22-14(2)18(15(3)25(19)24-13)9-10-21(27)29-12-20(26)23-16-5-7-17(28-4)8-6-16/h5-8,11H,9-10,12H2,1-4H3,(H,23,26). The van der Waals surface area contributed by atoms with Crippen molar-refractivity contribution in [2.45, 2.75) is 33.6 Å². The van der Waals surface area contributed by atoms with Crippen LogP contribution in [0.3, 0.4) is 0 Å². The molecule has 1 aromatic carbocycles. The highest BCUT2D eigenvalue weighted by molar-refractivity contribution is 5.92. The van der Waals surface area contributed by atoms with Crippen molar-refractivity contribution >= 4 is 23.2 Å². The third-order valence-electron chi connectivity index (χ3n) is 4.60. The molecule has 0 saturated carbocycles. The molecule has 0 bridgehead atoms. The molecule has 2 heterocycles. The lowest BCUT2D eigenvalue weighted by atomic mass is 10.1. The van der Waals surface area contributed by atoms with Gasteiger partial charge in [0.15, 0.2) is 12.3 Å². The fraction of sp³-hybridized carbons (Fsp3) is 0.333. The Labute approximate surface area is 168 Å². The second kappa shape index (κ2) is 8.72. The third-order valence-corrected chi connectivity index (χ3v) is 4.60. The highest BCUT2D eigenvalue weighted by Crippen LogP contribution is 2.17. The summed E-state index contributed by atoms with van der Waals surface area (Å²) in [7, 11) is 1.57. The fourth-order valence-electron chi connectivity index (χ4n) is 3.12. The summed E-state index contributed by atoms with van der Waals surface area (Å²) in [6.07, 6.45) is 0.628. The average Bonchev–Trinajstić information content (AvgIpc) is 3.07. The van der Waals surface area contributed by atoms with Crippen LogP contribution in [0.5, 0.6) is 5.75 Å². The predicted molar refractivity (Wildman–Crippen MR) is 108 cm³/mol. The highest BCUT2D eigenvalue weighted by atomic mass is 16.5. The Morgan fingerprint density at radius 3 is 2.55 bits per heavy atom. The van der Waals surface area contributed by atoms with E-state index in [2.05, 4.69) is 15.4 Å². The first kappa shape index (κ1) is 20.3. The number of fused-ring (bicyclic) bond motifs is 1. The van der Waals surface area contributed by atoms with Gasteiger partial charge in [-0.1, -0.05) is 0 Å². The molecule has 0 radical (unpaired) electrons. The van der Waals surface area contributed by atoms with Crippen molar-refractivity contribution in [2.24, 2.45) is 0 Å². The summed E-state index contributed by atoms with van der Waals surface area (Å²) < 4.78 is 11.9. The van der Waals surface area contributed by atoms with Crippen molar-refractivity contribution in [3.63, 3.8) is 0 Å². The van der Waals surface area contributed by atoms with Gasteiger partial charge in [0.05, 0.1) is 12.8 Å². The number of nitrogens with zero attached hydrogens (tertiary/aromatic N) is 3. The number of aryl methyl sites for hydroxylation is 3. The summed E-state index contributed by atoms with van der Waals surface area (Å²) in [5, 5.41) is 7.10. The number of hydrogen-bond acceptors (Lipinski definition) is 6. The van der Waals surface area contributed by atoms with Gasteiger partial charge in [-0.25, -0.2) is 9.50 Å².